The van der Waals surface area contributed by atoms with Crippen molar-refractivity contribution < 1.29 is 0 Å². The molecule has 0 spiro atoms. The van der Waals surface area contributed by atoms with Crippen LogP contribution in [0.3, 0.4) is 0 Å². The summed E-state index contributed by atoms with van der Waals surface area (Å²) in [6.07, 6.45) is 2.43. The van der Waals surface area contributed by atoms with Crippen molar-refractivity contribution >= 4 is 9.28 Å². The van der Waals surface area contributed by atoms with E-state index in [1.54, 1.807) is 0 Å². The van der Waals surface area contributed by atoms with Crippen molar-refractivity contribution in [1.82, 2.24) is 19.6 Å². The molecular formula is C10H28N4Si. The monoisotopic (exact) mass is 232 g/mol. The Bertz CT molecular complexity index is 135. The minimum atomic E-state index is -1.17. The van der Waals surface area contributed by atoms with Gasteiger partial charge in [0.2, 0.25) is 0 Å². The largest absolute Gasteiger partial charge is 0.318 e. The average Bonchev–Trinajstić information content (AvgIpc) is 2.25. The molecule has 0 aliphatic carbocycles. The maximum absolute atomic E-state index is 3.41. The Morgan fingerprint density at radius 3 is 1.67 bits per heavy atom. The normalized spacial score (nSPS) is 12.0. The molecule has 2 N–H and O–H groups in total. The minimum absolute atomic E-state index is 1.08. The van der Waals surface area contributed by atoms with Gasteiger partial charge >= 0.3 is 0 Å². The van der Waals surface area contributed by atoms with Crippen LogP contribution < -0.4 is 9.96 Å². The van der Waals surface area contributed by atoms with E-state index in [2.05, 4.69) is 40.4 Å². The van der Waals surface area contributed by atoms with Crippen molar-refractivity contribution in [3.8, 4) is 0 Å². The molecule has 0 aromatic heterocycles. The topological polar surface area (TPSA) is 30.5 Å². The zero-order chi connectivity index (χ0) is 11.7. The maximum atomic E-state index is 3.41. The fourth-order valence-corrected chi connectivity index (χ4v) is 3.68. The van der Waals surface area contributed by atoms with Gasteiger partial charge in [-0.1, -0.05) is 20.8 Å². The molecule has 0 rings (SSSR count). The summed E-state index contributed by atoms with van der Waals surface area (Å²) in [5.41, 5.74) is 0. The molecule has 0 unspecified atom stereocenters. The Morgan fingerprint density at radius 1 is 0.933 bits per heavy atom. The first kappa shape index (κ1) is 15.1. The molecule has 0 saturated carbocycles. The lowest BCUT2D eigenvalue weighted by Crippen LogP contribution is -2.63. The van der Waals surface area contributed by atoms with Gasteiger partial charge in [0.25, 0.3) is 9.28 Å². The molecule has 0 heterocycles. The lowest BCUT2D eigenvalue weighted by atomic mass is 10.4. The van der Waals surface area contributed by atoms with Gasteiger partial charge in [0, 0.05) is 19.6 Å². The van der Waals surface area contributed by atoms with E-state index in [-0.39, 0.29) is 0 Å². The number of hydrazine groups is 1. The number of rotatable bonds is 9. The Labute approximate surface area is 96.8 Å². The van der Waals surface area contributed by atoms with E-state index in [0.717, 1.165) is 19.6 Å². The van der Waals surface area contributed by atoms with Gasteiger partial charge in [-0.25, -0.2) is 9.68 Å². The molecule has 0 saturated heterocycles. The SMILES string of the molecule is CCCN(CCC)N(CC)[SiH](NC)NC. The molecule has 0 aliphatic rings. The van der Waals surface area contributed by atoms with Gasteiger partial charge < -0.3 is 9.96 Å². The Hall–Kier alpha value is 0.0569. The smallest absolute Gasteiger partial charge is 0.280 e. The van der Waals surface area contributed by atoms with Crippen LogP contribution in [0.2, 0.25) is 0 Å². The summed E-state index contributed by atoms with van der Waals surface area (Å²) in [5, 5.41) is 2.49. The highest BCUT2D eigenvalue weighted by molar-refractivity contribution is 6.49. The van der Waals surface area contributed by atoms with Crippen LogP contribution in [-0.2, 0) is 0 Å². The molecular weight excluding hydrogens is 204 g/mol. The second-order valence-corrected chi connectivity index (χ2v) is 6.25. The van der Waals surface area contributed by atoms with E-state index in [0.29, 0.717) is 0 Å². The molecule has 0 amide bonds. The third-order valence-corrected chi connectivity index (χ3v) is 4.88. The van der Waals surface area contributed by atoms with Crippen LogP contribution in [0, 0.1) is 0 Å². The van der Waals surface area contributed by atoms with E-state index in [1.165, 1.54) is 12.8 Å². The van der Waals surface area contributed by atoms with Gasteiger partial charge in [-0.05, 0) is 26.9 Å². The highest BCUT2D eigenvalue weighted by Crippen LogP contribution is 2.01. The summed E-state index contributed by atoms with van der Waals surface area (Å²) in [7, 11) is 2.93. The third kappa shape index (κ3) is 5.08. The Balaban J connectivity index is 4.40. The van der Waals surface area contributed by atoms with Crippen LogP contribution in [0.4, 0.5) is 0 Å². The molecule has 0 fully saturated rings. The van der Waals surface area contributed by atoms with Crippen LogP contribution in [0.25, 0.3) is 0 Å². The summed E-state index contributed by atoms with van der Waals surface area (Å²) in [4.78, 5) is 6.82. The van der Waals surface area contributed by atoms with Gasteiger partial charge in [-0.2, -0.15) is 0 Å². The minimum Gasteiger partial charge on any atom is -0.318 e. The summed E-state index contributed by atoms with van der Waals surface area (Å²) < 4.78 is 2.49. The molecule has 0 bridgehead atoms. The first-order chi connectivity index (χ1) is 7.24. The predicted molar refractivity (Wildman–Crippen MR) is 69.8 cm³/mol. The molecule has 0 aromatic carbocycles. The Kier molecular flexibility index (Phi) is 9.33. The van der Waals surface area contributed by atoms with E-state index >= 15 is 0 Å². The van der Waals surface area contributed by atoms with Crippen molar-refractivity contribution in [2.24, 2.45) is 0 Å². The van der Waals surface area contributed by atoms with E-state index in [9.17, 15) is 0 Å². The van der Waals surface area contributed by atoms with Crippen LogP contribution in [-0.4, -0.2) is 52.7 Å². The van der Waals surface area contributed by atoms with Crippen LogP contribution >= 0.6 is 0 Å². The zero-order valence-electron chi connectivity index (χ0n) is 11.0. The summed E-state index contributed by atoms with van der Waals surface area (Å²) in [6, 6.07) is 0. The molecule has 15 heavy (non-hydrogen) atoms. The standard InChI is InChI=1S/C10H28N4Si/c1-6-9-13(10-7-2)14(8-3)15(11-4)12-5/h11-12,15H,6-10H2,1-5H3. The lowest BCUT2D eigenvalue weighted by Gasteiger charge is -2.38. The van der Waals surface area contributed by atoms with Gasteiger partial charge in [0.15, 0.2) is 0 Å². The van der Waals surface area contributed by atoms with Gasteiger partial charge in [-0.3, -0.25) is 0 Å². The highest BCUT2D eigenvalue weighted by Gasteiger charge is 2.21. The predicted octanol–water partition coefficient (Wildman–Crippen LogP) is 0.501. The van der Waals surface area contributed by atoms with Crippen molar-refractivity contribution in [1.29, 1.82) is 0 Å². The number of nitrogens with zero attached hydrogens (tertiary/aromatic N) is 2. The third-order valence-electron chi connectivity index (χ3n) is 2.50. The van der Waals surface area contributed by atoms with E-state index < -0.39 is 9.28 Å². The van der Waals surface area contributed by atoms with E-state index in [1.807, 2.05) is 14.1 Å². The summed E-state index contributed by atoms with van der Waals surface area (Å²) in [5.74, 6) is 0. The average molecular weight is 232 g/mol. The summed E-state index contributed by atoms with van der Waals surface area (Å²) >= 11 is 0. The van der Waals surface area contributed by atoms with Crippen LogP contribution in [0.5, 0.6) is 0 Å². The van der Waals surface area contributed by atoms with Gasteiger partial charge in [0.1, 0.15) is 0 Å². The highest BCUT2D eigenvalue weighted by atomic mass is 28.3. The number of hydrogen-bond donors (Lipinski definition) is 2. The van der Waals surface area contributed by atoms with E-state index in [4.69, 9.17) is 0 Å². The second kappa shape index (κ2) is 9.29. The quantitative estimate of drug-likeness (QED) is 0.448. The fourth-order valence-electron chi connectivity index (χ4n) is 1.87. The van der Waals surface area contributed by atoms with Crippen molar-refractivity contribution in [3.63, 3.8) is 0 Å². The van der Waals surface area contributed by atoms with Crippen LogP contribution in [0.1, 0.15) is 33.6 Å². The van der Waals surface area contributed by atoms with Gasteiger partial charge in [-0.15, -0.1) is 0 Å². The molecule has 0 aromatic rings. The first-order valence-corrected chi connectivity index (χ1v) is 7.78. The van der Waals surface area contributed by atoms with Gasteiger partial charge in [0.05, 0.1) is 0 Å². The molecule has 0 atom stereocenters. The summed E-state index contributed by atoms with van der Waals surface area (Å²) in [6.45, 7) is 10.1. The van der Waals surface area contributed by atoms with Crippen molar-refractivity contribution in [3.05, 3.63) is 0 Å². The number of nitrogens with one attached hydrogen (secondary N) is 2. The second-order valence-electron chi connectivity index (χ2n) is 3.69. The molecule has 92 valence electrons. The lowest BCUT2D eigenvalue weighted by molar-refractivity contribution is 0.0527. The maximum Gasteiger partial charge on any atom is 0.280 e. The van der Waals surface area contributed by atoms with Crippen LogP contribution in [0.15, 0.2) is 0 Å². The Morgan fingerprint density at radius 2 is 1.40 bits per heavy atom. The fraction of sp³-hybridized carbons (Fsp3) is 1.00. The molecule has 0 radical (unpaired) electrons. The first-order valence-electron chi connectivity index (χ1n) is 6.11. The number of hydrogen-bond acceptors (Lipinski definition) is 4. The zero-order valence-corrected chi connectivity index (χ0v) is 12.2. The molecule has 5 heteroatoms. The van der Waals surface area contributed by atoms with Crippen molar-refractivity contribution in [2.45, 2.75) is 33.6 Å². The molecule has 4 nitrogen and oxygen atoms in total. The molecule has 0 aliphatic heterocycles. The van der Waals surface area contributed by atoms with Crippen molar-refractivity contribution in [2.75, 3.05) is 33.7 Å².